The monoisotopic (exact) mass is 173 g/mol. The SMILES string of the molecule is CSCC(=O)NC1CCC1C. The predicted molar refractivity (Wildman–Crippen MR) is 48.7 cm³/mol. The van der Waals surface area contributed by atoms with Crippen molar-refractivity contribution in [3.05, 3.63) is 0 Å². The van der Waals surface area contributed by atoms with E-state index < -0.39 is 0 Å². The Balaban J connectivity index is 2.14. The lowest BCUT2D eigenvalue weighted by atomic mass is 9.81. The van der Waals surface area contributed by atoms with Crippen molar-refractivity contribution in [1.29, 1.82) is 0 Å². The van der Waals surface area contributed by atoms with E-state index in [1.807, 2.05) is 6.26 Å². The van der Waals surface area contributed by atoms with E-state index in [4.69, 9.17) is 0 Å². The van der Waals surface area contributed by atoms with E-state index in [1.54, 1.807) is 11.8 Å². The van der Waals surface area contributed by atoms with Gasteiger partial charge < -0.3 is 5.32 Å². The molecule has 0 radical (unpaired) electrons. The first-order valence-corrected chi connectivity index (χ1v) is 5.41. The Morgan fingerprint density at radius 2 is 2.36 bits per heavy atom. The molecule has 0 spiro atoms. The molecule has 0 bridgehead atoms. The number of nitrogens with one attached hydrogen (secondary N) is 1. The van der Waals surface area contributed by atoms with E-state index in [0.29, 0.717) is 17.7 Å². The second kappa shape index (κ2) is 4.00. The van der Waals surface area contributed by atoms with Gasteiger partial charge in [0.05, 0.1) is 5.75 Å². The standard InChI is InChI=1S/C8H15NOS/c1-6-3-4-7(6)9-8(10)5-11-2/h6-7H,3-5H2,1-2H3,(H,9,10). The smallest absolute Gasteiger partial charge is 0.230 e. The van der Waals surface area contributed by atoms with Gasteiger partial charge in [-0.15, -0.1) is 0 Å². The fraction of sp³-hybridized carbons (Fsp3) is 0.875. The minimum Gasteiger partial charge on any atom is -0.352 e. The van der Waals surface area contributed by atoms with Crippen molar-refractivity contribution in [2.75, 3.05) is 12.0 Å². The second-order valence-electron chi connectivity index (χ2n) is 3.16. The molecule has 3 heteroatoms. The van der Waals surface area contributed by atoms with E-state index in [1.165, 1.54) is 12.8 Å². The third-order valence-electron chi connectivity index (χ3n) is 2.24. The van der Waals surface area contributed by atoms with Gasteiger partial charge in [-0.1, -0.05) is 6.92 Å². The molecule has 2 atom stereocenters. The van der Waals surface area contributed by atoms with Gasteiger partial charge in [-0.25, -0.2) is 0 Å². The number of hydrogen-bond donors (Lipinski definition) is 1. The zero-order chi connectivity index (χ0) is 8.27. The summed E-state index contributed by atoms with van der Waals surface area (Å²) in [7, 11) is 0. The van der Waals surface area contributed by atoms with Crippen molar-refractivity contribution in [2.45, 2.75) is 25.8 Å². The van der Waals surface area contributed by atoms with E-state index >= 15 is 0 Å². The van der Waals surface area contributed by atoms with Gasteiger partial charge in [-0.2, -0.15) is 11.8 Å². The van der Waals surface area contributed by atoms with E-state index in [9.17, 15) is 4.79 Å². The first-order chi connectivity index (χ1) is 5.24. The Morgan fingerprint density at radius 3 is 2.73 bits per heavy atom. The van der Waals surface area contributed by atoms with Gasteiger partial charge in [0.25, 0.3) is 0 Å². The zero-order valence-electron chi connectivity index (χ0n) is 7.09. The summed E-state index contributed by atoms with van der Waals surface area (Å²) in [6.07, 6.45) is 4.38. The van der Waals surface area contributed by atoms with Crippen LogP contribution in [-0.2, 0) is 4.79 Å². The van der Waals surface area contributed by atoms with Crippen LogP contribution < -0.4 is 5.32 Å². The molecular formula is C8H15NOS. The van der Waals surface area contributed by atoms with Gasteiger partial charge in [-0.3, -0.25) is 4.79 Å². The summed E-state index contributed by atoms with van der Waals surface area (Å²) in [6, 6.07) is 0.467. The highest BCUT2D eigenvalue weighted by molar-refractivity contribution is 7.99. The fourth-order valence-corrected chi connectivity index (χ4v) is 1.61. The van der Waals surface area contributed by atoms with Gasteiger partial charge in [0, 0.05) is 6.04 Å². The maximum Gasteiger partial charge on any atom is 0.230 e. The lowest BCUT2D eigenvalue weighted by Crippen LogP contribution is -2.46. The summed E-state index contributed by atoms with van der Waals surface area (Å²) in [5.41, 5.74) is 0. The summed E-state index contributed by atoms with van der Waals surface area (Å²) in [4.78, 5) is 11.1. The van der Waals surface area contributed by atoms with Crippen LogP contribution in [0.15, 0.2) is 0 Å². The summed E-state index contributed by atoms with van der Waals surface area (Å²) in [5.74, 6) is 1.48. The maximum atomic E-state index is 11.1. The zero-order valence-corrected chi connectivity index (χ0v) is 7.91. The van der Waals surface area contributed by atoms with Gasteiger partial charge in [0.1, 0.15) is 0 Å². The molecule has 1 amide bonds. The molecule has 11 heavy (non-hydrogen) atoms. The van der Waals surface area contributed by atoms with Crippen molar-refractivity contribution in [1.82, 2.24) is 5.32 Å². The molecule has 0 saturated heterocycles. The van der Waals surface area contributed by atoms with Crippen LogP contribution in [-0.4, -0.2) is 24.0 Å². The average Bonchev–Trinajstić information content (AvgIpc) is 1.98. The van der Waals surface area contributed by atoms with Gasteiger partial charge >= 0.3 is 0 Å². The Kier molecular flexibility index (Phi) is 3.24. The molecule has 64 valence electrons. The summed E-state index contributed by atoms with van der Waals surface area (Å²) in [6.45, 7) is 2.19. The molecule has 0 aromatic carbocycles. The number of amides is 1. The molecule has 0 aromatic rings. The predicted octanol–water partition coefficient (Wildman–Crippen LogP) is 1.26. The topological polar surface area (TPSA) is 29.1 Å². The molecule has 1 fully saturated rings. The first kappa shape index (κ1) is 8.91. The third-order valence-corrected chi connectivity index (χ3v) is 2.79. The largest absolute Gasteiger partial charge is 0.352 e. The molecule has 0 aromatic heterocycles. The molecule has 1 aliphatic carbocycles. The normalized spacial score (nSPS) is 29.3. The van der Waals surface area contributed by atoms with E-state index in [-0.39, 0.29) is 5.91 Å². The maximum absolute atomic E-state index is 11.1. The first-order valence-electron chi connectivity index (χ1n) is 4.02. The lowest BCUT2D eigenvalue weighted by Gasteiger charge is -2.34. The highest BCUT2D eigenvalue weighted by atomic mass is 32.2. The summed E-state index contributed by atoms with van der Waals surface area (Å²) < 4.78 is 0. The molecule has 2 nitrogen and oxygen atoms in total. The highest BCUT2D eigenvalue weighted by Gasteiger charge is 2.27. The highest BCUT2D eigenvalue weighted by Crippen LogP contribution is 2.26. The van der Waals surface area contributed by atoms with Crippen LogP contribution in [0.3, 0.4) is 0 Å². The number of hydrogen-bond acceptors (Lipinski definition) is 2. The van der Waals surface area contributed by atoms with Crippen LogP contribution >= 0.6 is 11.8 Å². The minimum atomic E-state index is 0.189. The Bertz CT molecular complexity index is 149. The van der Waals surface area contributed by atoms with Gasteiger partial charge in [-0.05, 0) is 25.0 Å². The van der Waals surface area contributed by atoms with Crippen LogP contribution in [0.1, 0.15) is 19.8 Å². The van der Waals surface area contributed by atoms with Crippen LogP contribution in [0, 0.1) is 5.92 Å². The minimum absolute atomic E-state index is 0.189. The van der Waals surface area contributed by atoms with Crippen molar-refractivity contribution in [3.8, 4) is 0 Å². The second-order valence-corrected chi connectivity index (χ2v) is 4.03. The molecule has 0 aliphatic heterocycles. The molecule has 2 unspecified atom stereocenters. The van der Waals surface area contributed by atoms with Crippen molar-refractivity contribution < 1.29 is 4.79 Å². The molecule has 1 N–H and O–H groups in total. The number of carbonyl (C=O) groups excluding carboxylic acids is 1. The number of thioether (sulfide) groups is 1. The molecule has 1 saturated carbocycles. The summed E-state index contributed by atoms with van der Waals surface area (Å²) in [5, 5.41) is 3.01. The van der Waals surface area contributed by atoms with Crippen LogP contribution in [0.5, 0.6) is 0 Å². The van der Waals surface area contributed by atoms with Crippen molar-refractivity contribution in [3.63, 3.8) is 0 Å². The van der Waals surface area contributed by atoms with Crippen molar-refractivity contribution >= 4 is 17.7 Å². The molecule has 1 rings (SSSR count). The Hall–Kier alpha value is -0.180. The number of carbonyl (C=O) groups is 1. The quantitative estimate of drug-likeness (QED) is 0.696. The molecule has 1 aliphatic rings. The van der Waals surface area contributed by atoms with E-state index in [0.717, 1.165) is 0 Å². The van der Waals surface area contributed by atoms with E-state index in [2.05, 4.69) is 12.2 Å². The Labute approximate surface area is 72.1 Å². The lowest BCUT2D eigenvalue weighted by molar-refractivity contribution is -0.120. The Morgan fingerprint density at radius 1 is 1.64 bits per heavy atom. The average molecular weight is 173 g/mol. The van der Waals surface area contributed by atoms with Crippen LogP contribution in [0.2, 0.25) is 0 Å². The van der Waals surface area contributed by atoms with Crippen LogP contribution in [0.4, 0.5) is 0 Å². The molecular weight excluding hydrogens is 158 g/mol. The molecule has 0 heterocycles. The van der Waals surface area contributed by atoms with Crippen LogP contribution in [0.25, 0.3) is 0 Å². The van der Waals surface area contributed by atoms with Crippen molar-refractivity contribution in [2.24, 2.45) is 5.92 Å². The van der Waals surface area contributed by atoms with Gasteiger partial charge in [0.2, 0.25) is 5.91 Å². The van der Waals surface area contributed by atoms with Gasteiger partial charge in [0.15, 0.2) is 0 Å². The fourth-order valence-electron chi connectivity index (χ4n) is 1.26. The number of rotatable bonds is 3. The summed E-state index contributed by atoms with van der Waals surface area (Å²) >= 11 is 1.58. The third kappa shape index (κ3) is 2.40.